The first-order valence-electron chi connectivity index (χ1n) is 10.6. The van der Waals surface area contributed by atoms with E-state index >= 15 is 0 Å². The number of hydrogen-bond donors (Lipinski definition) is 0. The number of halogens is 1. The number of ether oxygens (including phenoxy) is 1. The van der Waals surface area contributed by atoms with Crippen LogP contribution in [0.15, 0.2) is 49.1 Å². The third-order valence-electron chi connectivity index (χ3n) is 6.21. The smallest absolute Gasteiger partial charge is 0.165 e. The van der Waals surface area contributed by atoms with Crippen LogP contribution >= 0.6 is 0 Å². The summed E-state index contributed by atoms with van der Waals surface area (Å²) in [5.74, 6) is 2.80. The van der Waals surface area contributed by atoms with Crippen molar-refractivity contribution in [1.29, 1.82) is 0 Å². The Morgan fingerprint density at radius 3 is 2.56 bits per heavy atom. The van der Waals surface area contributed by atoms with Crippen LogP contribution < -0.4 is 4.74 Å². The van der Waals surface area contributed by atoms with Crippen molar-refractivity contribution in [3.05, 3.63) is 60.5 Å². The van der Waals surface area contributed by atoms with Gasteiger partial charge in [-0.1, -0.05) is 49.9 Å². The van der Waals surface area contributed by atoms with Crippen molar-refractivity contribution in [2.75, 3.05) is 6.61 Å². The molecule has 2 aliphatic rings. The Labute approximate surface area is 164 Å². The molecule has 2 heteroatoms. The predicted molar refractivity (Wildman–Crippen MR) is 112 cm³/mol. The van der Waals surface area contributed by atoms with Gasteiger partial charge in [-0.15, -0.1) is 0 Å². The van der Waals surface area contributed by atoms with E-state index in [-0.39, 0.29) is 5.82 Å². The SMILES string of the molecule is C=Cc1ccc(OCC2C=CC(C3CCC(/C=C/CC)CC3)CC2)c(F)c1. The van der Waals surface area contributed by atoms with E-state index in [1.54, 1.807) is 12.1 Å². The van der Waals surface area contributed by atoms with Crippen LogP contribution in [0.2, 0.25) is 0 Å². The quantitative estimate of drug-likeness (QED) is 0.462. The van der Waals surface area contributed by atoms with Gasteiger partial charge in [0, 0.05) is 5.92 Å². The summed E-state index contributed by atoms with van der Waals surface area (Å²) in [6.45, 7) is 6.43. The minimum Gasteiger partial charge on any atom is -0.490 e. The van der Waals surface area contributed by atoms with Crippen molar-refractivity contribution in [1.82, 2.24) is 0 Å². The maximum absolute atomic E-state index is 14.0. The van der Waals surface area contributed by atoms with Gasteiger partial charge in [0.15, 0.2) is 11.6 Å². The van der Waals surface area contributed by atoms with E-state index in [1.165, 1.54) is 38.2 Å². The lowest BCUT2D eigenvalue weighted by atomic mass is 9.72. The molecule has 1 fully saturated rings. The van der Waals surface area contributed by atoms with Gasteiger partial charge >= 0.3 is 0 Å². The largest absolute Gasteiger partial charge is 0.490 e. The van der Waals surface area contributed by atoms with Gasteiger partial charge in [0.25, 0.3) is 0 Å². The number of allylic oxidation sites excluding steroid dienone is 3. The fraction of sp³-hybridized carbons (Fsp3) is 0.520. The molecule has 0 aliphatic heterocycles. The first kappa shape index (κ1) is 19.9. The molecule has 0 spiro atoms. The molecule has 27 heavy (non-hydrogen) atoms. The molecule has 0 N–H and O–H groups in total. The summed E-state index contributed by atoms with van der Waals surface area (Å²) < 4.78 is 19.7. The van der Waals surface area contributed by atoms with Crippen molar-refractivity contribution in [3.63, 3.8) is 0 Å². The standard InChI is InChI=1S/C25H33FO/c1-3-5-6-20-7-12-22(13-8-20)23-14-9-21(10-15-23)18-27-25-16-11-19(4-2)17-24(25)26/h4-6,9,11,14,16-17,20-23H,2-3,7-8,10,12-13,15,18H2,1H3/b6-5+. The van der Waals surface area contributed by atoms with Crippen LogP contribution in [0.1, 0.15) is 57.4 Å². The van der Waals surface area contributed by atoms with Crippen molar-refractivity contribution in [2.45, 2.75) is 51.9 Å². The third-order valence-corrected chi connectivity index (χ3v) is 6.21. The van der Waals surface area contributed by atoms with Gasteiger partial charge in [-0.3, -0.25) is 0 Å². The van der Waals surface area contributed by atoms with Crippen LogP contribution in [-0.4, -0.2) is 6.61 Å². The summed E-state index contributed by atoms with van der Waals surface area (Å²) in [5, 5.41) is 0. The third kappa shape index (κ3) is 5.57. The molecule has 2 unspecified atom stereocenters. The number of rotatable bonds is 7. The molecule has 1 aromatic rings. The van der Waals surface area contributed by atoms with E-state index in [9.17, 15) is 4.39 Å². The highest BCUT2D eigenvalue weighted by atomic mass is 19.1. The first-order valence-corrected chi connectivity index (χ1v) is 10.6. The summed E-state index contributed by atoms with van der Waals surface area (Å²) in [6, 6.07) is 5.01. The topological polar surface area (TPSA) is 9.23 Å². The van der Waals surface area contributed by atoms with Gasteiger partial charge in [0.2, 0.25) is 0 Å². The van der Waals surface area contributed by atoms with E-state index in [4.69, 9.17) is 4.74 Å². The van der Waals surface area contributed by atoms with Crippen molar-refractivity contribution in [3.8, 4) is 5.75 Å². The Morgan fingerprint density at radius 2 is 1.93 bits per heavy atom. The molecule has 0 radical (unpaired) electrons. The molecule has 0 bridgehead atoms. The highest BCUT2D eigenvalue weighted by molar-refractivity contribution is 5.48. The molecule has 1 saturated carbocycles. The highest BCUT2D eigenvalue weighted by Crippen LogP contribution is 2.39. The second kappa shape index (κ2) is 9.92. The molecular formula is C25H33FO. The van der Waals surface area contributed by atoms with Crippen LogP contribution in [0, 0.1) is 29.5 Å². The zero-order valence-electron chi connectivity index (χ0n) is 16.6. The molecule has 3 rings (SSSR count). The second-order valence-corrected chi connectivity index (χ2v) is 8.10. The normalized spacial score (nSPS) is 28.4. The number of hydrogen-bond acceptors (Lipinski definition) is 1. The van der Waals surface area contributed by atoms with Crippen LogP contribution in [-0.2, 0) is 0 Å². The van der Waals surface area contributed by atoms with Crippen molar-refractivity contribution < 1.29 is 9.13 Å². The minimum atomic E-state index is -0.307. The monoisotopic (exact) mass is 368 g/mol. The van der Waals surface area contributed by atoms with E-state index in [0.717, 1.165) is 36.2 Å². The van der Waals surface area contributed by atoms with Gasteiger partial charge in [-0.05, 0) is 80.4 Å². The molecular weight excluding hydrogens is 335 g/mol. The van der Waals surface area contributed by atoms with Crippen LogP contribution in [0.4, 0.5) is 4.39 Å². The van der Waals surface area contributed by atoms with Gasteiger partial charge in [-0.2, -0.15) is 0 Å². The molecule has 0 aromatic heterocycles. The average molecular weight is 369 g/mol. The zero-order valence-corrected chi connectivity index (χ0v) is 16.6. The fourth-order valence-corrected chi connectivity index (χ4v) is 4.48. The van der Waals surface area contributed by atoms with Crippen LogP contribution in [0.5, 0.6) is 5.75 Å². The van der Waals surface area contributed by atoms with E-state index in [2.05, 4.69) is 37.8 Å². The summed E-state index contributed by atoms with van der Waals surface area (Å²) in [6.07, 6.45) is 20.1. The fourth-order valence-electron chi connectivity index (χ4n) is 4.48. The molecule has 146 valence electrons. The van der Waals surface area contributed by atoms with Gasteiger partial charge in [0.1, 0.15) is 0 Å². The summed E-state index contributed by atoms with van der Waals surface area (Å²) in [7, 11) is 0. The highest BCUT2D eigenvalue weighted by Gasteiger charge is 2.27. The lowest BCUT2D eigenvalue weighted by Gasteiger charge is -2.34. The summed E-state index contributed by atoms with van der Waals surface area (Å²) in [4.78, 5) is 0. The summed E-state index contributed by atoms with van der Waals surface area (Å²) in [5.41, 5.74) is 0.778. The predicted octanol–water partition coefficient (Wildman–Crippen LogP) is 7.20. The molecule has 0 saturated heterocycles. The van der Waals surface area contributed by atoms with Gasteiger partial charge in [0.05, 0.1) is 6.61 Å². The minimum absolute atomic E-state index is 0.307. The zero-order chi connectivity index (χ0) is 19.1. The first-order chi connectivity index (χ1) is 13.2. The van der Waals surface area contributed by atoms with Crippen LogP contribution in [0.25, 0.3) is 6.08 Å². The van der Waals surface area contributed by atoms with E-state index in [0.29, 0.717) is 18.3 Å². The lowest BCUT2D eigenvalue weighted by molar-refractivity contribution is 0.208. The maximum Gasteiger partial charge on any atom is 0.165 e. The summed E-state index contributed by atoms with van der Waals surface area (Å²) >= 11 is 0. The Bertz CT molecular complexity index is 667. The van der Waals surface area contributed by atoms with E-state index in [1.807, 2.05) is 6.07 Å². The molecule has 0 heterocycles. The van der Waals surface area contributed by atoms with Crippen molar-refractivity contribution in [2.24, 2.45) is 23.7 Å². The van der Waals surface area contributed by atoms with Crippen LogP contribution in [0.3, 0.4) is 0 Å². The van der Waals surface area contributed by atoms with Gasteiger partial charge in [-0.25, -0.2) is 4.39 Å². The lowest BCUT2D eigenvalue weighted by Crippen LogP contribution is -2.24. The van der Waals surface area contributed by atoms with Gasteiger partial charge < -0.3 is 4.74 Å². The Balaban J connectivity index is 1.45. The average Bonchev–Trinajstić information content (AvgIpc) is 2.72. The second-order valence-electron chi connectivity index (χ2n) is 8.10. The van der Waals surface area contributed by atoms with E-state index < -0.39 is 0 Å². The maximum atomic E-state index is 14.0. The molecule has 1 aromatic carbocycles. The Hall–Kier alpha value is -1.83. The number of benzene rings is 1. The molecule has 2 aliphatic carbocycles. The molecule has 1 nitrogen and oxygen atoms in total. The van der Waals surface area contributed by atoms with Crippen molar-refractivity contribution >= 4 is 6.08 Å². The Morgan fingerprint density at radius 1 is 1.11 bits per heavy atom. The Kier molecular flexibility index (Phi) is 7.32. The molecule has 0 amide bonds. The molecule has 2 atom stereocenters.